The molecule has 0 spiro atoms. The van der Waals surface area contributed by atoms with Gasteiger partial charge in [-0.2, -0.15) is 0 Å². The fraction of sp³-hybridized carbons (Fsp3) is 1.00. The zero-order valence-corrected chi connectivity index (χ0v) is 6.65. The highest BCUT2D eigenvalue weighted by Crippen LogP contribution is 2.24. The Morgan fingerprint density at radius 2 is 2.11 bits per heavy atom. The molecule has 1 aliphatic rings. The Bertz CT molecular complexity index is 80.6. The predicted molar refractivity (Wildman–Crippen MR) is 40.4 cm³/mol. The van der Waals surface area contributed by atoms with Crippen molar-refractivity contribution in [1.82, 2.24) is 5.32 Å². The highest BCUT2D eigenvalue weighted by Gasteiger charge is 2.27. The monoisotopic (exact) mass is 127 g/mol. The number of nitrogens with one attached hydrogen (secondary N) is 1. The van der Waals surface area contributed by atoms with Crippen LogP contribution < -0.4 is 5.32 Å². The number of rotatable bonds is 1. The molecule has 0 aromatic carbocycles. The van der Waals surface area contributed by atoms with Crippen LogP contribution in [0, 0.1) is 11.8 Å². The third kappa shape index (κ3) is 1.26. The minimum Gasteiger partial charge on any atom is -0.314 e. The van der Waals surface area contributed by atoms with E-state index >= 15 is 0 Å². The third-order valence-electron chi connectivity index (χ3n) is 2.61. The van der Waals surface area contributed by atoms with E-state index in [1.165, 1.54) is 13.0 Å². The first-order valence-corrected chi connectivity index (χ1v) is 3.99. The lowest BCUT2D eigenvalue weighted by Gasteiger charge is -2.15. The van der Waals surface area contributed by atoms with Crippen LogP contribution in [0.4, 0.5) is 0 Å². The molecule has 0 saturated carbocycles. The molecule has 1 heterocycles. The Morgan fingerprint density at radius 3 is 2.33 bits per heavy atom. The van der Waals surface area contributed by atoms with Crippen molar-refractivity contribution in [2.45, 2.75) is 33.2 Å². The third-order valence-corrected chi connectivity index (χ3v) is 2.61. The van der Waals surface area contributed by atoms with Crippen LogP contribution in [0.3, 0.4) is 0 Å². The summed E-state index contributed by atoms with van der Waals surface area (Å²) >= 11 is 0. The van der Waals surface area contributed by atoms with Crippen LogP contribution in [0.1, 0.15) is 27.2 Å². The van der Waals surface area contributed by atoms with Gasteiger partial charge >= 0.3 is 0 Å². The van der Waals surface area contributed by atoms with Crippen LogP contribution in [0.5, 0.6) is 0 Å². The van der Waals surface area contributed by atoms with Crippen molar-refractivity contribution in [3.05, 3.63) is 0 Å². The molecule has 0 aliphatic carbocycles. The number of hydrogen-bond acceptors (Lipinski definition) is 1. The standard InChI is InChI=1S/C8H17N/c1-4-8-6(2)5-9-7(8)3/h6-9H,4-5H2,1-3H3/t6-,7-,8-/m1/s1. The lowest BCUT2D eigenvalue weighted by atomic mass is 9.91. The van der Waals surface area contributed by atoms with Gasteiger partial charge in [-0.25, -0.2) is 0 Å². The summed E-state index contributed by atoms with van der Waals surface area (Å²) in [4.78, 5) is 0. The van der Waals surface area contributed by atoms with E-state index in [1.807, 2.05) is 0 Å². The van der Waals surface area contributed by atoms with Crippen LogP contribution in [0.2, 0.25) is 0 Å². The molecule has 0 aromatic rings. The second kappa shape index (κ2) is 2.70. The summed E-state index contributed by atoms with van der Waals surface area (Å²) in [6.07, 6.45) is 1.33. The fourth-order valence-electron chi connectivity index (χ4n) is 1.92. The Kier molecular flexibility index (Phi) is 2.12. The molecule has 3 atom stereocenters. The zero-order chi connectivity index (χ0) is 6.85. The fourth-order valence-corrected chi connectivity index (χ4v) is 1.92. The van der Waals surface area contributed by atoms with Crippen molar-refractivity contribution in [1.29, 1.82) is 0 Å². The molecule has 1 fully saturated rings. The minimum absolute atomic E-state index is 0.755. The van der Waals surface area contributed by atoms with Crippen molar-refractivity contribution >= 4 is 0 Å². The largest absolute Gasteiger partial charge is 0.314 e. The summed E-state index contributed by atoms with van der Waals surface area (Å²) in [5, 5.41) is 3.47. The molecule has 0 radical (unpaired) electrons. The molecule has 1 aliphatic heterocycles. The van der Waals surface area contributed by atoms with Gasteiger partial charge in [0.05, 0.1) is 0 Å². The first-order valence-electron chi connectivity index (χ1n) is 3.99. The van der Waals surface area contributed by atoms with Crippen LogP contribution in [-0.2, 0) is 0 Å². The van der Waals surface area contributed by atoms with E-state index in [-0.39, 0.29) is 0 Å². The molecule has 1 saturated heterocycles. The summed E-state index contributed by atoms with van der Waals surface area (Å²) < 4.78 is 0. The first kappa shape index (κ1) is 7.07. The lowest BCUT2D eigenvalue weighted by molar-refractivity contribution is 0.386. The smallest absolute Gasteiger partial charge is 0.00700 e. The average molecular weight is 127 g/mol. The van der Waals surface area contributed by atoms with Gasteiger partial charge in [0, 0.05) is 6.04 Å². The van der Waals surface area contributed by atoms with Crippen molar-refractivity contribution in [3.63, 3.8) is 0 Å². The molecule has 1 rings (SSSR count). The first-order chi connectivity index (χ1) is 4.25. The molecule has 54 valence electrons. The van der Waals surface area contributed by atoms with E-state index in [0.717, 1.165) is 17.9 Å². The quantitative estimate of drug-likeness (QED) is 0.564. The Labute approximate surface area is 57.8 Å². The molecule has 1 heteroatoms. The molecule has 0 bridgehead atoms. The maximum absolute atomic E-state index is 3.47. The second-order valence-corrected chi connectivity index (χ2v) is 3.25. The SMILES string of the molecule is CC[C@@H]1[C@H](C)CN[C@@H]1C. The van der Waals surface area contributed by atoms with E-state index < -0.39 is 0 Å². The Balaban J connectivity index is 2.44. The summed E-state index contributed by atoms with van der Waals surface area (Å²) in [7, 11) is 0. The van der Waals surface area contributed by atoms with Gasteiger partial charge < -0.3 is 5.32 Å². The maximum Gasteiger partial charge on any atom is 0.00700 e. The topological polar surface area (TPSA) is 12.0 Å². The normalized spacial score (nSPS) is 43.7. The van der Waals surface area contributed by atoms with Gasteiger partial charge in [-0.05, 0) is 25.3 Å². The average Bonchev–Trinajstić information content (AvgIpc) is 2.12. The van der Waals surface area contributed by atoms with Gasteiger partial charge in [0.2, 0.25) is 0 Å². The molecule has 1 N–H and O–H groups in total. The zero-order valence-electron chi connectivity index (χ0n) is 6.65. The van der Waals surface area contributed by atoms with Gasteiger partial charge in [-0.15, -0.1) is 0 Å². The van der Waals surface area contributed by atoms with Crippen LogP contribution in [0.25, 0.3) is 0 Å². The summed E-state index contributed by atoms with van der Waals surface area (Å²) in [6, 6.07) is 0.755. The predicted octanol–water partition coefficient (Wildman–Crippen LogP) is 1.64. The van der Waals surface area contributed by atoms with Gasteiger partial charge in [0.25, 0.3) is 0 Å². The second-order valence-electron chi connectivity index (χ2n) is 3.25. The summed E-state index contributed by atoms with van der Waals surface area (Å²) in [5.74, 6) is 1.81. The Hall–Kier alpha value is -0.0400. The molecular weight excluding hydrogens is 110 g/mol. The van der Waals surface area contributed by atoms with Gasteiger partial charge in [0.15, 0.2) is 0 Å². The van der Waals surface area contributed by atoms with Gasteiger partial charge in [-0.1, -0.05) is 20.3 Å². The van der Waals surface area contributed by atoms with E-state index in [0.29, 0.717) is 0 Å². The van der Waals surface area contributed by atoms with Crippen molar-refractivity contribution in [2.75, 3.05) is 6.54 Å². The summed E-state index contributed by atoms with van der Waals surface area (Å²) in [5.41, 5.74) is 0. The molecule has 0 aromatic heterocycles. The molecule has 0 unspecified atom stereocenters. The van der Waals surface area contributed by atoms with Crippen LogP contribution in [0.15, 0.2) is 0 Å². The number of hydrogen-bond donors (Lipinski definition) is 1. The van der Waals surface area contributed by atoms with Gasteiger partial charge in [0.1, 0.15) is 0 Å². The van der Waals surface area contributed by atoms with E-state index in [2.05, 4.69) is 26.1 Å². The van der Waals surface area contributed by atoms with Gasteiger partial charge in [-0.3, -0.25) is 0 Å². The van der Waals surface area contributed by atoms with Crippen molar-refractivity contribution in [3.8, 4) is 0 Å². The van der Waals surface area contributed by atoms with Crippen LogP contribution >= 0.6 is 0 Å². The maximum atomic E-state index is 3.47. The molecule has 9 heavy (non-hydrogen) atoms. The highest BCUT2D eigenvalue weighted by atomic mass is 15.0. The highest BCUT2D eigenvalue weighted by molar-refractivity contribution is 4.83. The van der Waals surface area contributed by atoms with Crippen molar-refractivity contribution in [2.24, 2.45) is 11.8 Å². The van der Waals surface area contributed by atoms with Crippen molar-refractivity contribution < 1.29 is 0 Å². The molecule has 1 nitrogen and oxygen atoms in total. The Morgan fingerprint density at radius 1 is 1.44 bits per heavy atom. The van der Waals surface area contributed by atoms with E-state index in [9.17, 15) is 0 Å². The minimum atomic E-state index is 0.755. The molecular formula is C8H17N. The molecule has 0 amide bonds. The van der Waals surface area contributed by atoms with E-state index in [1.54, 1.807) is 0 Å². The lowest BCUT2D eigenvalue weighted by Crippen LogP contribution is -2.22. The van der Waals surface area contributed by atoms with Crippen LogP contribution in [-0.4, -0.2) is 12.6 Å². The summed E-state index contributed by atoms with van der Waals surface area (Å²) in [6.45, 7) is 8.13. The van der Waals surface area contributed by atoms with E-state index in [4.69, 9.17) is 0 Å².